The topological polar surface area (TPSA) is 103 Å². The third kappa shape index (κ3) is 14.2. The molecule has 13 heteroatoms. The number of hydrogen-bond donors (Lipinski definition) is 0. The van der Waals surface area contributed by atoms with E-state index in [-0.39, 0.29) is 0 Å². The molecule has 0 amide bonds. The number of alkyl halides is 3. The van der Waals surface area contributed by atoms with Crippen molar-refractivity contribution in [3.05, 3.63) is 121 Å². The lowest BCUT2D eigenvalue weighted by molar-refractivity contribution is -0.0517. The highest BCUT2D eigenvalue weighted by Gasteiger charge is 2.37. The second kappa shape index (κ2) is 19.2. The van der Waals surface area contributed by atoms with Gasteiger partial charge in [0.05, 0.1) is 6.61 Å². The van der Waals surface area contributed by atoms with Gasteiger partial charge in [0.1, 0.15) is 33.3 Å². The van der Waals surface area contributed by atoms with E-state index in [2.05, 4.69) is 180 Å². The van der Waals surface area contributed by atoms with Gasteiger partial charge in [0.2, 0.25) is 4.90 Å². The summed E-state index contributed by atoms with van der Waals surface area (Å²) in [5.74, 6) is 3.64. The first-order valence-corrected chi connectivity index (χ1v) is 23.5. The molecule has 0 aliphatic carbocycles. The largest absolute Gasteiger partial charge is 0.741 e. The second-order valence-electron chi connectivity index (χ2n) is 19.2. The normalized spacial score (nSPS) is 12.8. The van der Waals surface area contributed by atoms with E-state index in [0.29, 0.717) is 29.6 Å². The van der Waals surface area contributed by atoms with Gasteiger partial charge in [-0.3, -0.25) is 0 Å². The third-order valence-corrected chi connectivity index (χ3v) is 11.6. The second-order valence-corrected chi connectivity index (χ2v) is 22.5. The first-order chi connectivity index (χ1) is 29.5. The summed E-state index contributed by atoms with van der Waals surface area (Å²) in [6, 6.07) is 40.7. The SMILES string of the molecule is CC(C)(C)Oc1ccc([S+](c2ccc(OC(C)(C)C)c(OC(C)(C)C)c2)c2ccccc2OCCc2cccc3cc4ccccc4cc23)cc1OC(C)(C)C.O=S(=O)([O-])C(F)(F)F. The molecule has 0 bridgehead atoms. The van der Waals surface area contributed by atoms with E-state index in [1.807, 2.05) is 18.2 Å². The summed E-state index contributed by atoms with van der Waals surface area (Å²) in [5.41, 5.74) is -6.07. The van der Waals surface area contributed by atoms with Gasteiger partial charge in [0.25, 0.3) is 0 Å². The molecule has 0 saturated heterocycles. The maximum atomic E-state index is 10.7. The zero-order chi connectivity index (χ0) is 47.5. The van der Waals surface area contributed by atoms with Crippen LogP contribution >= 0.6 is 0 Å². The molecule has 0 aliphatic heterocycles. The molecule has 6 rings (SSSR count). The van der Waals surface area contributed by atoms with Gasteiger partial charge < -0.3 is 28.2 Å². The molecule has 8 nitrogen and oxygen atoms in total. The van der Waals surface area contributed by atoms with Crippen molar-refractivity contribution < 1.29 is 49.8 Å². The van der Waals surface area contributed by atoms with Crippen LogP contribution < -0.4 is 23.7 Å². The summed E-state index contributed by atoms with van der Waals surface area (Å²) < 4.78 is 91.8. The molecule has 0 unspecified atom stereocenters. The van der Waals surface area contributed by atoms with Gasteiger partial charge >= 0.3 is 5.51 Å². The number of halogens is 3. The summed E-state index contributed by atoms with van der Waals surface area (Å²) >= 11 is 0. The highest BCUT2D eigenvalue weighted by atomic mass is 32.2. The minimum Gasteiger partial charge on any atom is -0.741 e. The van der Waals surface area contributed by atoms with Gasteiger partial charge in [-0.05, 0) is 159 Å². The van der Waals surface area contributed by atoms with Gasteiger partial charge in [-0.2, -0.15) is 13.2 Å². The summed E-state index contributed by atoms with van der Waals surface area (Å²) in [6.45, 7) is 25.2. The Morgan fingerprint density at radius 1 is 0.500 bits per heavy atom. The molecule has 0 atom stereocenters. The molecule has 0 aromatic heterocycles. The van der Waals surface area contributed by atoms with Crippen LogP contribution in [0.4, 0.5) is 13.2 Å². The molecular weight excluding hydrogens is 862 g/mol. The predicted molar refractivity (Wildman–Crippen MR) is 249 cm³/mol. The average molecular weight is 921 g/mol. The standard InChI is InChI=1S/C50H59O5S.CHF3O3S/c1-47(2,3)52-41-26-24-38(32-44(41)54-49(7,8)9)56(39-25-27-42(53-48(4,5)6)45(33-39)55-50(10,11)12)46-23-16-15-22-43(46)51-29-28-34-20-17-21-37-30-35-18-13-14-19-36(35)31-40(34)37;2-1(3,4)8(5,6)7/h13-27,30-33H,28-29H2,1-12H3;(H,5,6,7)/q+1;/p-1. The molecular formula is C51H59F3O8S2. The van der Waals surface area contributed by atoms with Crippen LogP contribution in [0.1, 0.15) is 88.6 Å². The summed E-state index contributed by atoms with van der Waals surface area (Å²) in [7, 11) is -6.74. The van der Waals surface area contributed by atoms with E-state index in [4.69, 9.17) is 36.7 Å². The Bertz CT molecular complexity index is 2590. The van der Waals surface area contributed by atoms with E-state index >= 15 is 0 Å². The number of fused-ring (bicyclic) bond motifs is 2. The Morgan fingerprint density at radius 3 is 1.39 bits per heavy atom. The Morgan fingerprint density at radius 2 is 0.922 bits per heavy atom. The zero-order valence-electron chi connectivity index (χ0n) is 38.6. The average Bonchev–Trinajstić information content (AvgIpc) is 3.14. The molecule has 6 aromatic rings. The molecule has 0 spiro atoms. The summed E-state index contributed by atoms with van der Waals surface area (Å²) in [6.07, 6.45) is 0.766. The van der Waals surface area contributed by atoms with E-state index in [0.717, 1.165) is 26.9 Å². The van der Waals surface area contributed by atoms with Crippen LogP contribution in [-0.2, 0) is 27.4 Å². The van der Waals surface area contributed by atoms with Crippen molar-refractivity contribution >= 4 is 42.6 Å². The number of rotatable bonds is 11. The monoisotopic (exact) mass is 920 g/mol. The van der Waals surface area contributed by atoms with Crippen LogP contribution in [0.25, 0.3) is 21.5 Å². The molecule has 0 heterocycles. The number of hydrogen-bond acceptors (Lipinski definition) is 8. The third-order valence-electron chi connectivity index (χ3n) is 8.78. The molecule has 0 fully saturated rings. The van der Waals surface area contributed by atoms with Crippen molar-refractivity contribution in [3.8, 4) is 28.7 Å². The minimum absolute atomic E-state index is 0.404. The van der Waals surface area contributed by atoms with Crippen LogP contribution in [0.3, 0.4) is 0 Å². The van der Waals surface area contributed by atoms with Crippen molar-refractivity contribution in [1.29, 1.82) is 0 Å². The van der Waals surface area contributed by atoms with Crippen molar-refractivity contribution in [3.63, 3.8) is 0 Å². The smallest absolute Gasteiger partial charge is 0.485 e. The van der Waals surface area contributed by atoms with Crippen LogP contribution in [0.15, 0.2) is 130 Å². The first-order valence-electron chi connectivity index (χ1n) is 20.9. The molecule has 0 N–H and O–H groups in total. The van der Waals surface area contributed by atoms with E-state index in [1.54, 1.807) is 0 Å². The maximum Gasteiger partial charge on any atom is 0.485 e. The molecule has 344 valence electrons. The van der Waals surface area contributed by atoms with E-state index in [1.165, 1.54) is 27.1 Å². The van der Waals surface area contributed by atoms with Crippen molar-refractivity contribution in [2.75, 3.05) is 6.61 Å². The minimum atomic E-state index is -6.09. The highest BCUT2D eigenvalue weighted by molar-refractivity contribution is 7.97. The zero-order valence-corrected chi connectivity index (χ0v) is 40.2. The lowest BCUT2D eigenvalue weighted by atomic mass is 9.98. The van der Waals surface area contributed by atoms with Crippen LogP contribution in [0.2, 0.25) is 0 Å². The van der Waals surface area contributed by atoms with Gasteiger partial charge in [-0.15, -0.1) is 0 Å². The van der Waals surface area contributed by atoms with Crippen LogP contribution in [0.5, 0.6) is 28.7 Å². The van der Waals surface area contributed by atoms with Crippen LogP contribution in [0, 0.1) is 0 Å². The van der Waals surface area contributed by atoms with Crippen molar-refractivity contribution in [2.24, 2.45) is 0 Å². The Labute approximate surface area is 379 Å². The fourth-order valence-corrected chi connectivity index (χ4v) is 8.71. The quantitative estimate of drug-likeness (QED) is 0.0548. The van der Waals surface area contributed by atoms with Crippen molar-refractivity contribution in [1.82, 2.24) is 0 Å². The maximum absolute atomic E-state index is 10.7. The molecule has 6 aromatic carbocycles. The highest BCUT2D eigenvalue weighted by Crippen LogP contribution is 2.44. The number of ether oxygens (including phenoxy) is 5. The number of benzene rings is 6. The molecule has 0 aliphatic rings. The van der Waals surface area contributed by atoms with Gasteiger partial charge in [-0.25, -0.2) is 8.42 Å². The fraction of sp³-hybridized carbons (Fsp3) is 0.373. The van der Waals surface area contributed by atoms with Crippen LogP contribution in [-0.4, -0.2) is 47.5 Å². The Kier molecular flexibility index (Phi) is 14.9. The molecule has 64 heavy (non-hydrogen) atoms. The first kappa shape index (κ1) is 49.9. The summed E-state index contributed by atoms with van der Waals surface area (Å²) in [4.78, 5) is 3.19. The van der Waals surface area contributed by atoms with Gasteiger partial charge in [0, 0.05) is 18.6 Å². The molecule has 0 radical (unpaired) electrons. The van der Waals surface area contributed by atoms with Gasteiger partial charge in [-0.1, -0.05) is 54.6 Å². The Hall–Kier alpha value is -5.11. The predicted octanol–water partition coefficient (Wildman–Crippen LogP) is 13.5. The summed E-state index contributed by atoms with van der Waals surface area (Å²) in [5, 5.41) is 4.99. The lowest BCUT2D eigenvalue weighted by Crippen LogP contribution is -2.27. The van der Waals surface area contributed by atoms with Gasteiger partial charge in [0.15, 0.2) is 48.7 Å². The van der Waals surface area contributed by atoms with Crippen molar-refractivity contribution in [2.45, 2.75) is 132 Å². The number of para-hydroxylation sites is 1. The van der Waals surface area contributed by atoms with E-state index < -0.39 is 48.9 Å². The van der Waals surface area contributed by atoms with E-state index in [9.17, 15) is 13.2 Å². The lowest BCUT2D eigenvalue weighted by Gasteiger charge is -2.28. The Balaban J connectivity index is 0.000000878. The molecule has 0 saturated carbocycles. The fourth-order valence-electron chi connectivity index (χ4n) is 6.53.